The summed E-state index contributed by atoms with van der Waals surface area (Å²) in [7, 11) is 0. The third-order valence-electron chi connectivity index (χ3n) is 4.84. The number of hydrogen-bond donors (Lipinski definition) is 1. The van der Waals surface area contributed by atoms with Crippen molar-refractivity contribution in [2.24, 2.45) is 5.92 Å². The molecule has 0 aliphatic carbocycles. The Kier molecular flexibility index (Phi) is 7.28. The van der Waals surface area contributed by atoms with Crippen molar-refractivity contribution in [3.8, 4) is 0 Å². The lowest BCUT2D eigenvalue weighted by atomic mass is 9.90. The summed E-state index contributed by atoms with van der Waals surface area (Å²) in [5, 5.41) is 3.74. The van der Waals surface area contributed by atoms with Crippen LogP contribution in [0.2, 0.25) is 0 Å². The molecule has 0 radical (unpaired) electrons. The maximum Gasteiger partial charge on any atom is 0.0594 e. The summed E-state index contributed by atoms with van der Waals surface area (Å²) in [6, 6.07) is 0.750. The zero-order valence-corrected chi connectivity index (χ0v) is 13.4. The topological polar surface area (TPSA) is 27.7 Å². The summed E-state index contributed by atoms with van der Waals surface area (Å²) in [5.74, 6) is 0.833. The molecule has 0 spiro atoms. The molecule has 2 aliphatic heterocycles. The van der Waals surface area contributed by atoms with E-state index < -0.39 is 0 Å². The van der Waals surface area contributed by atoms with Gasteiger partial charge in [-0.05, 0) is 31.8 Å². The first-order chi connectivity index (χ1) is 9.83. The SMILES string of the molecule is CCCNC1CCN(CCN2CCOCC2)CC1CC. The maximum atomic E-state index is 5.41. The van der Waals surface area contributed by atoms with Gasteiger partial charge in [0.25, 0.3) is 0 Å². The van der Waals surface area contributed by atoms with Gasteiger partial charge in [-0.2, -0.15) is 0 Å². The minimum absolute atomic E-state index is 0.750. The number of nitrogens with one attached hydrogen (secondary N) is 1. The minimum Gasteiger partial charge on any atom is -0.379 e. The van der Waals surface area contributed by atoms with E-state index in [0.717, 1.165) is 38.3 Å². The number of ether oxygens (including phenoxy) is 1. The van der Waals surface area contributed by atoms with Gasteiger partial charge in [-0.1, -0.05) is 20.3 Å². The highest BCUT2D eigenvalue weighted by atomic mass is 16.5. The van der Waals surface area contributed by atoms with Gasteiger partial charge in [0.15, 0.2) is 0 Å². The van der Waals surface area contributed by atoms with Gasteiger partial charge in [-0.25, -0.2) is 0 Å². The molecule has 0 saturated carbocycles. The highest BCUT2D eigenvalue weighted by Crippen LogP contribution is 2.20. The summed E-state index contributed by atoms with van der Waals surface area (Å²) < 4.78 is 5.41. The van der Waals surface area contributed by atoms with E-state index in [1.807, 2.05) is 0 Å². The van der Waals surface area contributed by atoms with E-state index in [0.29, 0.717) is 0 Å². The third-order valence-corrected chi connectivity index (χ3v) is 4.84. The first-order valence-electron chi connectivity index (χ1n) is 8.59. The molecule has 0 aromatic rings. The standard InChI is InChI=1S/C16H33N3O/c1-3-6-17-16-5-7-19(14-15(16)4-2)9-8-18-10-12-20-13-11-18/h15-17H,3-14H2,1-2H3. The molecule has 2 rings (SSSR count). The zero-order chi connectivity index (χ0) is 14.2. The molecule has 2 unspecified atom stereocenters. The first-order valence-corrected chi connectivity index (χ1v) is 8.59. The second-order valence-electron chi connectivity index (χ2n) is 6.27. The Hall–Kier alpha value is -0.160. The molecular formula is C16H33N3O. The van der Waals surface area contributed by atoms with E-state index in [-0.39, 0.29) is 0 Å². The lowest BCUT2D eigenvalue weighted by molar-refractivity contribution is 0.0294. The molecule has 2 atom stereocenters. The van der Waals surface area contributed by atoms with Gasteiger partial charge in [0.1, 0.15) is 0 Å². The van der Waals surface area contributed by atoms with Crippen LogP contribution in [0.25, 0.3) is 0 Å². The predicted molar refractivity (Wildman–Crippen MR) is 84.2 cm³/mol. The Balaban J connectivity index is 1.69. The Morgan fingerprint density at radius 1 is 1.05 bits per heavy atom. The molecular weight excluding hydrogens is 250 g/mol. The molecule has 0 bridgehead atoms. The van der Waals surface area contributed by atoms with Gasteiger partial charge in [0.2, 0.25) is 0 Å². The third kappa shape index (κ3) is 4.99. The van der Waals surface area contributed by atoms with Gasteiger partial charge >= 0.3 is 0 Å². The molecule has 0 aromatic carbocycles. The van der Waals surface area contributed by atoms with Crippen LogP contribution in [0, 0.1) is 5.92 Å². The number of rotatable bonds is 7. The molecule has 20 heavy (non-hydrogen) atoms. The quantitative estimate of drug-likeness (QED) is 0.765. The van der Waals surface area contributed by atoms with E-state index >= 15 is 0 Å². The zero-order valence-electron chi connectivity index (χ0n) is 13.4. The molecule has 4 nitrogen and oxygen atoms in total. The fourth-order valence-electron chi connectivity index (χ4n) is 3.43. The summed E-state index contributed by atoms with van der Waals surface area (Å²) >= 11 is 0. The number of likely N-dealkylation sites (tertiary alicyclic amines) is 1. The van der Waals surface area contributed by atoms with Gasteiger partial charge in [-0.3, -0.25) is 4.90 Å². The van der Waals surface area contributed by atoms with Crippen molar-refractivity contribution in [2.45, 2.75) is 39.2 Å². The van der Waals surface area contributed by atoms with Crippen LogP contribution in [-0.2, 0) is 4.74 Å². The van der Waals surface area contributed by atoms with Crippen molar-refractivity contribution < 1.29 is 4.74 Å². The van der Waals surface area contributed by atoms with Gasteiger partial charge < -0.3 is 15.0 Å². The number of hydrogen-bond acceptors (Lipinski definition) is 4. The maximum absolute atomic E-state index is 5.41. The highest BCUT2D eigenvalue weighted by molar-refractivity contribution is 4.84. The molecule has 0 amide bonds. The van der Waals surface area contributed by atoms with Crippen molar-refractivity contribution in [1.82, 2.24) is 15.1 Å². The van der Waals surface area contributed by atoms with Crippen LogP contribution >= 0.6 is 0 Å². The van der Waals surface area contributed by atoms with E-state index in [1.165, 1.54) is 52.0 Å². The van der Waals surface area contributed by atoms with Crippen molar-refractivity contribution in [1.29, 1.82) is 0 Å². The lowest BCUT2D eigenvalue weighted by Gasteiger charge is -2.40. The van der Waals surface area contributed by atoms with Crippen LogP contribution in [0.1, 0.15) is 33.1 Å². The summed E-state index contributed by atoms with van der Waals surface area (Å²) in [4.78, 5) is 5.22. The molecule has 118 valence electrons. The summed E-state index contributed by atoms with van der Waals surface area (Å²) in [6.45, 7) is 14.8. The van der Waals surface area contributed by atoms with Gasteiger partial charge in [0.05, 0.1) is 13.2 Å². The van der Waals surface area contributed by atoms with Gasteiger partial charge in [0, 0.05) is 38.8 Å². The van der Waals surface area contributed by atoms with Crippen LogP contribution < -0.4 is 5.32 Å². The van der Waals surface area contributed by atoms with E-state index in [4.69, 9.17) is 4.74 Å². The fourth-order valence-corrected chi connectivity index (χ4v) is 3.43. The van der Waals surface area contributed by atoms with Crippen molar-refractivity contribution >= 4 is 0 Å². The molecule has 2 heterocycles. The predicted octanol–water partition coefficient (Wildman–Crippen LogP) is 1.42. The lowest BCUT2D eigenvalue weighted by Crippen LogP contribution is -2.51. The van der Waals surface area contributed by atoms with E-state index in [2.05, 4.69) is 29.0 Å². The van der Waals surface area contributed by atoms with Crippen molar-refractivity contribution in [2.75, 3.05) is 59.0 Å². The summed E-state index contributed by atoms with van der Waals surface area (Å²) in [5.41, 5.74) is 0. The monoisotopic (exact) mass is 283 g/mol. The first kappa shape index (κ1) is 16.2. The Bertz CT molecular complexity index is 256. The fraction of sp³-hybridized carbons (Fsp3) is 1.00. The number of piperidine rings is 1. The Labute approximate surface area is 124 Å². The number of morpholine rings is 1. The minimum atomic E-state index is 0.750. The second kappa shape index (κ2) is 8.98. The van der Waals surface area contributed by atoms with E-state index in [1.54, 1.807) is 0 Å². The largest absolute Gasteiger partial charge is 0.379 e. The molecule has 4 heteroatoms. The summed E-state index contributed by atoms with van der Waals surface area (Å²) in [6.07, 6.45) is 3.87. The van der Waals surface area contributed by atoms with Crippen LogP contribution in [0.3, 0.4) is 0 Å². The molecule has 2 aliphatic rings. The van der Waals surface area contributed by atoms with Crippen molar-refractivity contribution in [3.63, 3.8) is 0 Å². The van der Waals surface area contributed by atoms with Crippen molar-refractivity contribution in [3.05, 3.63) is 0 Å². The van der Waals surface area contributed by atoms with E-state index in [9.17, 15) is 0 Å². The van der Waals surface area contributed by atoms with Crippen LogP contribution in [0.15, 0.2) is 0 Å². The average molecular weight is 283 g/mol. The van der Waals surface area contributed by atoms with Crippen LogP contribution in [-0.4, -0.2) is 74.9 Å². The molecule has 2 fully saturated rings. The molecule has 2 saturated heterocycles. The Morgan fingerprint density at radius 3 is 2.50 bits per heavy atom. The van der Waals surface area contributed by atoms with Crippen LogP contribution in [0.5, 0.6) is 0 Å². The average Bonchev–Trinajstić information content (AvgIpc) is 2.52. The smallest absolute Gasteiger partial charge is 0.0594 e. The van der Waals surface area contributed by atoms with Gasteiger partial charge in [-0.15, -0.1) is 0 Å². The highest BCUT2D eigenvalue weighted by Gasteiger charge is 2.27. The Morgan fingerprint density at radius 2 is 1.80 bits per heavy atom. The number of nitrogens with zero attached hydrogens (tertiary/aromatic N) is 2. The molecule has 1 N–H and O–H groups in total. The van der Waals surface area contributed by atoms with Crippen LogP contribution in [0.4, 0.5) is 0 Å². The molecule has 0 aromatic heterocycles. The normalized spacial score (nSPS) is 29.7. The second-order valence-corrected chi connectivity index (χ2v) is 6.27.